The number of phosphoric acid groups is 1. The third kappa shape index (κ3) is 32.7. The Morgan fingerprint density at radius 3 is 1.87 bits per heavy atom. The van der Waals surface area contributed by atoms with E-state index in [0.29, 0.717) is 6.61 Å². The van der Waals surface area contributed by atoms with Gasteiger partial charge in [0, 0.05) is 13.0 Å². The van der Waals surface area contributed by atoms with E-state index in [1.807, 2.05) is 0 Å². The zero-order chi connectivity index (χ0) is 33.3. The number of hydrogen-bond donors (Lipinski definition) is 3. The van der Waals surface area contributed by atoms with Gasteiger partial charge in [-0.15, -0.1) is 0 Å². The van der Waals surface area contributed by atoms with Gasteiger partial charge >= 0.3 is 13.8 Å². The summed E-state index contributed by atoms with van der Waals surface area (Å²) < 4.78 is 33.1. The molecular weight excluding hydrogens is 595 g/mol. The molecule has 0 saturated heterocycles. The van der Waals surface area contributed by atoms with Crippen molar-refractivity contribution >= 4 is 13.8 Å². The number of phosphoric ester groups is 1. The van der Waals surface area contributed by atoms with Gasteiger partial charge < -0.3 is 24.6 Å². The fourth-order valence-corrected chi connectivity index (χ4v) is 5.42. The first kappa shape index (κ1) is 43.9. The minimum Gasteiger partial charge on any atom is -0.457 e. The van der Waals surface area contributed by atoms with Crippen molar-refractivity contribution in [2.45, 2.75) is 161 Å². The molecule has 0 heterocycles. The first-order valence-corrected chi connectivity index (χ1v) is 19.3. The highest BCUT2D eigenvalue weighted by Gasteiger charge is 2.26. The van der Waals surface area contributed by atoms with Gasteiger partial charge in [0.15, 0.2) is 0 Å². The third-order valence-corrected chi connectivity index (χ3v) is 8.32. The van der Waals surface area contributed by atoms with E-state index in [4.69, 9.17) is 23.6 Å². The van der Waals surface area contributed by atoms with Crippen molar-refractivity contribution in [3.63, 3.8) is 0 Å². The van der Waals surface area contributed by atoms with Crippen molar-refractivity contribution in [1.82, 2.24) is 0 Å². The van der Waals surface area contributed by atoms with E-state index in [0.717, 1.165) is 57.8 Å². The number of allylic oxidation sites excluding steroid dienone is 4. The minimum absolute atomic E-state index is 0.0446. The molecule has 3 N–H and O–H groups in total. The van der Waals surface area contributed by atoms with E-state index in [-0.39, 0.29) is 25.6 Å². The van der Waals surface area contributed by atoms with Crippen LogP contribution in [0.25, 0.3) is 0 Å². The average molecular weight is 663 g/mol. The number of aliphatic hydroxyl groups excluding tert-OH is 2. The Labute approximate surface area is 274 Å². The number of ether oxygens (including phenoxy) is 2. The van der Waals surface area contributed by atoms with E-state index in [9.17, 15) is 19.4 Å². The van der Waals surface area contributed by atoms with Crippen LogP contribution in [0.4, 0.5) is 0 Å². The largest absolute Gasteiger partial charge is 0.472 e. The van der Waals surface area contributed by atoms with Crippen LogP contribution in [0.15, 0.2) is 24.3 Å². The Bertz CT molecular complexity index is 759. The molecule has 45 heavy (non-hydrogen) atoms. The van der Waals surface area contributed by atoms with Crippen LogP contribution in [0.1, 0.15) is 149 Å². The topological polar surface area (TPSA) is 132 Å². The molecule has 0 aromatic heterocycles. The van der Waals surface area contributed by atoms with E-state index < -0.39 is 33.2 Å². The van der Waals surface area contributed by atoms with Gasteiger partial charge in [-0.05, 0) is 38.5 Å². The lowest BCUT2D eigenvalue weighted by Gasteiger charge is -2.20. The fourth-order valence-electron chi connectivity index (χ4n) is 4.63. The van der Waals surface area contributed by atoms with Crippen LogP contribution in [0.3, 0.4) is 0 Å². The summed E-state index contributed by atoms with van der Waals surface area (Å²) in [6.07, 6.45) is 29.9. The van der Waals surface area contributed by atoms with Crippen LogP contribution in [0.5, 0.6) is 0 Å². The van der Waals surface area contributed by atoms with Crippen LogP contribution in [0.2, 0.25) is 0 Å². The SMILES string of the molecule is CCC/C=C\C/C=C\CCCCCCCCOCC(COP(=O)(O)OCC(O)CO)OC(=O)CCCCCCCCCCCC. The molecule has 0 bridgehead atoms. The maximum Gasteiger partial charge on any atom is 0.472 e. The van der Waals surface area contributed by atoms with E-state index >= 15 is 0 Å². The predicted molar refractivity (Wildman–Crippen MR) is 182 cm³/mol. The van der Waals surface area contributed by atoms with Gasteiger partial charge in [-0.1, -0.05) is 128 Å². The summed E-state index contributed by atoms with van der Waals surface area (Å²) in [6, 6.07) is 0. The summed E-state index contributed by atoms with van der Waals surface area (Å²) in [4.78, 5) is 22.4. The Hall–Kier alpha value is -1.06. The van der Waals surface area contributed by atoms with Crippen molar-refractivity contribution in [2.75, 3.05) is 33.0 Å². The predicted octanol–water partition coefficient (Wildman–Crippen LogP) is 8.75. The summed E-state index contributed by atoms with van der Waals surface area (Å²) in [5.74, 6) is -0.390. The minimum atomic E-state index is -4.50. The number of unbranched alkanes of at least 4 members (excludes halogenated alkanes) is 16. The van der Waals surface area contributed by atoms with Crippen molar-refractivity contribution in [1.29, 1.82) is 0 Å². The van der Waals surface area contributed by atoms with Gasteiger partial charge in [-0.3, -0.25) is 13.8 Å². The Balaban J connectivity index is 4.26. The van der Waals surface area contributed by atoms with Crippen LogP contribution in [0, 0.1) is 0 Å². The molecular formula is C35H67O9P. The highest BCUT2D eigenvalue weighted by atomic mass is 31.2. The average Bonchev–Trinajstić information content (AvgIpc) is 3.03. The molecule has 0 aromatic rings. The van der Waals surface area contributed by atoms with Crippen molar-refractivity contribution < 1.29 is 43.0 Å². The van der Waals surface area contributed by atoms with Crippen LogP contribution < -0.4 is 0 Å². The van der Waals surface area contributed by atoms with Crippen LogP contribution in [-0.4, -0.2) is 66.3 Å². The lowest BCUT2D eigenvalue weighted by Crippen LogP contribution is -2.29. The smallest absolute Gasteiger partial charge is 0.457 e. The number of aliphatic hydroxyl groups is 2. The van der Waals surface area contributed by atoms with Crippen LogP contribution in [-0.2, 0) is 27.9 Å². The molecule has 0 radical (unpaired) electrons. The third-order valence-electron chi connectivity index (χ3n) is 7.37. The first-order chi connectivity index (χ1) is 21.8. The monoisotopic (exact) mass is 662 g/mol. The zero-order valence-corrected chi connectivity index (χ0v) is 29.5. The second-order valence-electron chi connectivity index (χ2n) is 11.9. The standard InChI is InChI=1S/C35H67O9P/c1-3-5-7-9-11-13-15-16-17-18-20-22-24-26-28-41-31-34(32-43-45(39,40)42-30-33(37)29-36)44-35(38)27-25-23-21-19-14-12-10-8-6-4-2/h7,9,13,15,33-34,36-37H,3-6,8,10-12,14,16-32H2,1-2H3,(H,39,40)/b9-7-,15-13-. The molecule has 3 atom stereocenters. The normalized spacial score (nSPS) is 14.7. The number of carbonyl (C=O) groups is 1. The van der Waals surface area contributed by atoms with Crippen molar-refractivity contribution in [2.24, 2.45) is 0 Å². The Morgan fingerprint density at radius 1 is 0.689 bits per heavy atom. The maximum atomic E-state index is 12.5. The van der Waals surface area contributed by atoms with Gasteiger partial charge in [-0.25, -0.2) is 4.57 Å². The quantitative estimate of drug-likeness (QED) is 0.0268. The van der Waals surface area contributed by atoms with E-state index in [1.165, 1.54) is 70.6 Å². The molecule has 0 spiro atoms. The number of esters is 1. The molecule has 266 valence electrons. The van der Waals surface area contributed by atoms with Gasteiger partial charge in [0.2, 0.25) is 0 Å². The van der Waals surface area contributed by atoms with Gasteiger partial charge in [0.05, 0.1) is 26.4 Å². The van der Waals surface area contributed by atoms with Gasteiger partial charge in [0.1, 0.15) is 12.2 Å². The molecule has 0 aliphatic heterocycles. The summed E-state index contributed by atoms with van der Waals surface area (Å²) in [5.41, 5.74) is 0. The molecule has 10 heteroatoms. The van der Waals surface area contributed by atoms with Gasteiger partial charge in [-0.2, -0.15) is 0 Å². The molecule has 9 nitrogen and oxygen atoms in total. The molecule has 0 saturated carbocycles. The van der Waals surface area contributed by atoms with E-state index in [2.05, 4.69) is 38.2 Å². The second-order valence-corrected chi connectivity index (χ2v) is 13.3. The second kappa shape index (κ2) is 32.9. The fraction of sp³-hybridized carbons (Fsp3) is 0.857. The Morgan fingerprint density at radius 2 is 1.24 bits per heavy atom. The van der Waals surface area contributed by atoms with Gasteiger partial charge in [0.25, 0.3) is 0 Å². The first-order valence-electron chi connectivity index (χ1n) is 17.8. The van der Waals surface area contributed by atoms with Crippen LogP contribution >= 0.6 is 7.82 Å². The van der Waals surface area contributed by atoms with Crippen molar-refractivity contribution in [3.05, 3.63) is 24.3 Å². The molecule has 0 rings (SSSR count). The molecule has 0 fully saturated rings. The van der Waals surface area contributed by atoms with E-state index in [1.54, 1.807) is 0 Å². The highest BCUT2D eigenvalue weighted by molar-refractivity contribution is 7.47. The molecule has 0 aliphatic carbocycles. The number of hydrogen-bond acceptors (Lipinski definition) is 8. The maximum absolute atomic E-state index is 12.5. The summed E-state index contributed by atoms with van der Waals surface area (Å²) in [5, 5.41) is 18.2. The summed E-state index contributed by atoms with van der Waals surface area (Å²) in [7, 11) is -4.50. The molecule has 3 unspecified atom stereocenters. The number of rotatable bonds is 34. The zero-order valence-electron chi connectivity index (χ0n) is 28.6. The number of carbonyl (C=O) groups excluding carboxylic acids is 1. The highest BCUT2D eigenvalue weighted by Crippen LogP contribution is 2.43. The lowest BCUT2D eigenvalue weighted by molar-refractivity contribution is -0.154. The molecule has 0 aromatic carbocycles. The molecule has 0 aliphatic rings. The lowest BCUT2D eigenvalue weighted by atomic mass is 10.1. The summed E-state index contributed by atoms with van der Waals surface area (Å²) >= 11 is 0. The Kier molecular flexibility index (Phi) is 32.1. The summed E-state index contributed by atoms with van der Waals surface area (Å²) in [6.45, 7) is 3.40. The van der Waals surface area contributed by atoms with Crippen molar-refractivity contribution in [3.8, 4) is 0 Å². The molecule has 0 amide bonds.